The van der Waals surface area contributed by atoms with Crippen LogP contribution in [0.1, 0.15) is 32.6 Å². The highest BCUT2D eigenvalue weighted by molar-refractivity contribution is 7.91. The van der Waals surface area contributed by atoms with Crippen LogP contribution in [0, 0.1) is 5.82 Å². The van der Waals surface area contributed by atoms with Gasteiger partial charge in [-0.25, -0.2) is 25.9 Å². The molecule has 21 heavy (non-hydrogen) atoms. The molecule has 0 saturated heterocycles. The topological polar surface area (TPSA) is 80.3 Å². The molecule has 1 aromatic rings. The van der Waals surface area contributed by atoms with Crippen LogP contribution in [0.25, 0.3) is 0 Å². The predicted molar refractivity (Wildman–Crippen MR) is 78.8 cm³/mol. The van der Waals surface area contributed by atoms with E-state index < -0.39 is 30.6 Å². The van der Waals surface area contributed by atoms with Crippen molar-refractivity contribution in [3.63, 3.8) is 0 Å². The Labute approximate surface area is 125 Å². The summed E-state index contributed by atoms with van der Waals surface area (Å²) in [4.78, 5) is -0.865. The van der Waals surface area contributed by atoms with E-state index >= 15 is 0 Å². The number of hydrogen-bond acceptors (Lipinski definition) is 4. The quantitative estimate of drug-likeness (QED) is 0.582. The predicted octanol–water partition coefficient (Wildman–Crippen LogP) is 2.09. The third kappa shape index (κ3) is 5.37. The summed E-state index contributed by atoms with van der Waals surface area (Å²) in [6.07, 6.45) is 4.50. The second-order valence-electron chi connectivity index (χ2n) is 4.82. The standard InChI is InChI=1S/C13H20FNO4S2/c1-3-4-5-6-9-15-21(18,19)13-10-11(20(2,16)17)7-8-12(13)14/h7-8,10,15H,3-6,9H2,1-2H3. The summed E-state index contributed by atoms with van der Waals surface area (Å²) in [5.74, 6) is -0.969. The van der Waals surface area contributed by atoms with Gasteiger partial charge < -0.3 is 0 Å². The molecule has 0 aliphatic carbocycles. The van der Waals surface area contributed by atoms with Crippen LogP contribution in [0.2, 0.25) is 0 Å². The highest BCUT2D eigenvalue weighted by Gasteiger charge is 2.21. The zero-order valence-corrected chi connectivity index (χ0v) is 13.7. The van der Waals surface area contributed by atoms with Crippen molar-refractivity contribution in [1.82, 2.24) is 4.72 Å². The van der Waals surface area contributed by atoms with E-state index in [-0.39, 0.29) is 11.4 Å². The fraction of sp³-hybridized carbons (Fsp3) is 0.538. The van der Waals surface area contributed by atoms with E-state index in [2.05, 4.69) is 4.72 Å². The van der Waals surface area contributed by atoms with E-state index in [0.717, 1.165) is 43.7 Å². The molecule has 1 rings (SSSR count). The minimum atomic E-state index is -4.05. The van der Waals surface area contributed by atoms with Gasteiger partial charge in [0.05, 0.1) is 4.90 Å². The summed E-state index contributed by atoms with van der Waals surface area (Å²) in [7, 11) is -7.64. The lowest BCUT2D eigenvalue weighted by Gasteiger charge is -2.09. The van der Waals surface area contributed by atoms with Crippen LogP contribution in [0.4, 0.5) is 4.39 Å². The lowest BCUT2D eigenvalue weighted by atomic mass is 10.2. The molecule has 0 bridgehead atoms. The molecule has 120 valence electrons. The van der Waals surface area contributed by atoms with E-state index in [1.165, 1.54) is 0 Å². The summed E-state index contributed by atoms with van der Waals surface area (Å²) in [6, 6.07) is 2.74. The third-order valence-electron chi connectivity index (χ3n) is 2.94. The Kier molecular flexibility index (Phi) is 6.30. The van der Waals surface area contributed by atoms with Gasteiger partial charge in [0.15, 0.2) is 9.84 Å². The Morgan fingerprint density at radius 1 is 1.10 bits per heavy atom. The molecule has 0 unspecified atom stereocenters. The van der Waals surface area contributed by atoms with Gasteiger partial charge in [-0.3, -0.25) is 0 Å². The van der Waals surface area contributed by atoms with E-state index in [1.54, 1.807) is 0 Å². The molecular weight excluding hydrogens is 317 g/mol. The number of unbranched alkanes of at least 4 members (excludes halogenated alkanes) is 3. The largest absolute Gasteiger partial charge is 0.243 e. The third-order valence-corrected chi connectivity index (χ3v) is 5.53. The van der Waals surface area contributed by atoms with Crippen LogP contribution < -0.4 is 4.72 Å². The van der Waals surface area contributed by atoms with Crippen molar-refractivity contribution in [2.45, 2.75) is 42.4 Å². The summed E-state index contributed by atoms with van der Waals surface area (Å²) >= 11 is 0. The Bertz CT molecular complexity index is 684. The SMILES string of the molecule is CCCCCCNS(=O)(=O)c1cc(S(C)(=O)=O)ccc1F. The maximum absolute atomic E-state index is 13.7. The Morgan fingerprint density at radius 2 is 1.76 bits per heavy atom. The highest BCUT2D eigenvalue weighted by atomic mass is 32.2. The Hall–Kier alpha value is -0.990. The van der Waals surface area contributed by atoms with Crippen LogP contribution in [0.3, 0.4) is 0 Å². The fourth-order valence-corrected chi connectivity index (χ4v) is 3.65. The maximum Gasteiger partial charge on any atom is 0.243 e. The first-order valence-corrected chi connectivity index (χ1v) is 10.0. The smallest absolute Gasteiger partial charge is 0.224 e. The summed E-state index contributed by atoms with van der Waals surface area (Å²) in [5, 5.41) is 0. The van der Waals surface area contributed by atoms with Gasteiger partial charge in [-0.1, -0.05) is 26.2 Å². The number of sulfonamides is 1. The lowest BCUT2D eigenvalue weighted by molar-refractivity contribution is 0.551. The number of halogens is 1. The van der Waals surface area contributed by atoms with Crippen molar-refractivity contribution in [2.75, 3.05) is 12.8 Å². The Morgan fingerprint density at radius 3 is 2.33 bits per heavy atom. The molecule has 8 heteroatoms. The second-order valence-corrected chi connectivity index (χ2v) is 8.57. The van der Waals surface area contributed by atoms with Crippen LogP contribution in [0.5, 0.6) is 0 Å². The molecule has 0 amide bonds. The monoisotopic (exact) mass is 337 g/mol. The summed E-state index contributed by atoms with van der Waals surface area (Å²) in [6.45, 7) is 2.24. The molecule has 0 saturated carbocycles. The molecule has 0 aliphatic rings. The van der Waals surface area contributed by atoms with Gasteiger partial charge in [0.25, 0.3) is 0 Å². The molecule has 0 heterocycles. The highest BCUT2D eigenvalue weighted by Crippen LogP contribution is 2.19. The molecule has 0 fully saturated rings. The molecule has 0 aliphatic heterocycles. The minimum Gasteiger partial charge on any atom is -0.224 e. The van der Waals surface area contributed by atoms with Gasteiger partial charge in [-0.15, -0.1) is 0 Å². The number of rotatable bonds is 8. The van der Waals surface area contributed by atoms with Crippen LogP contribution in [0.15, 0.2) is 28.0 Å². The lowest BCUT2D eigenvalue weighted by Crippen LogP contribution is -2.26. The number of benzene rings is 1. The van der Waals surface area contributed by atoms with Crippen LogP contribution in [-0.2, 0) is 19.9 Å². The summed E-state index contributed by atoms with van der Waals surface area (Å²) < 4.78 is 62.8. The van der Waals surface area contributed by atoms with Gasteiger partial charge >= 0.3 is 0 Å². The fourth-order valence-electron chi connectivity index (χ4n) is 1.76. The minimum absolute atomic E-state index is 0.199. The van der Waals surface area contributed by atoms with Crippen molar-refractivity contribution in [1.29, 1.82) is 0 Å². The van der Waals surface area contributed by atoms with Crippen molar-refractivity contribution in [3.8, 4) is 0 Å². The van der Waals surface area contributed by atoms with Gasteiger partial charge in [0, 0.05) is 12.8 Å². The molecule has 5 nitrogen and oxygen atoms in total. The zero-order chi connectivity index (χ0) is 16.1. The molecule has 0 aromatic heterocycles. The van der Waals surface area contributed by atoms with Crippen LogP contribution in [-0.4, -0.2) is 29.6 Å². The first-order chi connectivity index (χ1) is 9.68. The van der Waals surface area contributed by atoms with Crippen molar-refractivity contribution >= 4 is 19.9 Å². The molecule has 1 N–H and O–H groups in total. The van der Waals surface area contributed by atoms with Gasteiger partial charge in [0.1, 0.15) is 10.7 Å². The van der Waals surface area contributed by atoms with Crippen molar-refractivity contribution in [2.24, 2.45) is 0 Å². The van der Waals surface area contributed by atoms with Crippen molar-refractivity contribution < 1.29 is 21.2 Å². The average molecular weight is 337 g/mol. The maximum atomic E-state index is 13.7. The summed E-state index contributed by atoms with van der Waals surface area (Å²) in [5.41, 5.74) is 0. The van der Waals surface area contributed by atoms with Gasteiger partial charge in [-0.2, -0.15) is 0 Å². The second kappa shape index (κ2) is 7.33. The molecule has 0 atom stereocenters. The first-order valence-electron chi connectivity index (χ1n) is 6.67. The average Bonchev–Trinajstić information content (AvgIpc) is 2.37. The first kappa shape index (κ1) is 18.1. The molecular formula is C13H20FNO4S2. The van der Waals surface area contributed by atoms with E-state index in [0.29, 0.717) is 6.42 Å². The number of nitrogens with one attached hydrogen (secondary N) is 1. The van der Waals surface area contributed by atoms with Gasteiger partial charge in [0.2, 0.25) is 10.0 Å². The normalized spacial score (nSPS) is 12.5. The van der Waals surface area contributed by atoms with E-state index in [4.69, 9.17) is 0 Å². The molecule has 1 aromatic carbocycles. The molecule has 0 spiro atoms. The number of hydrogen-bond donors (Lipinski definition) is 1. The van der Waals surface area contributed by atoms with Crippen LogP contribution >= 0.6 is 0 Å². The van der Waals surface area contributed by atoms with Crippen molar-refractivity contribution in [3.05, 3.63) is 24.0 Å². The number of sulfone groups is 1. The van der Waals surface area contributed by atoms with E-state index in [9.17, 15) is 21.2 Å². The zero-order valence-electron chi connectivity index (χ0n) is 12.1. The van der Waals surface area contributed by atoms with Gasteiger partial charge in [-0.05, 0) is 24.6 Å². The Balaban J connectivity index is 2.92. The molecule has 0 radical (unpaired) electrons. The van der Waals surface area contributed by atoms with E-state index in [1.807, 2.05) is 6.92 Å².